The monoisotopic (exact) mass is 738 g/mol. The first kappa shape index (κ1) is 50.9. The molecule has 0 bridgehead atoms. The number of aliphatic hydroxyl groups is 1. The number of ether oxygens (including phenoxy) is 2. The normalized spacial score (nSPS) is 12.3. The van der Waals surface area contributed by atoms with Crippen LogP contribution in [0.4, 0.5) is 0 Å². The summed E-state index contributed by atoms with van der Waals surface area (Å²) in [5.74, 6) is 0.616. The molecule has 0 radical (unpaired) electrons. The average Bonchev–Trinajstić information content (AvgIpc) is 3.11. The summed E-state index contributed by atoms with van der Waals surface area (Å²) in [5.41, 5.74) is -0.840. The molecule has 0 amide bonds. The minimum atomic E-state index is -0.427. The third-order valence-electron chi connectivity index (χ3n) is 11.2. The van der Waals surface area contributed by atoms with E-state index in [4.69, 9.17) is 9.47 Å². The van der Waals surface area contributed by atoms with Gasteiger partial charge in [0.2, 0.25) is 0 Å². The number of unbranched alkanes of at least 4 members (excludes halogenated alkanes) is 18. The smallest absolute Gasteiger partial charge is 0.311 e. The lowest BCUT2D eigenvalue weighted by Crippen LogP contribution is -2.29. The molecule has 0 saturated carbocycles. The van der Waals surface area contributed by atoms with Crippen LogP contribution in [0.25, 0.3) is 0 Å². The molecule has 0 aromatic carbocycles. The van der Waals surface area contributed by atoms with Crippen molar-refractivity contribution in [1.82, 2.24) is 4.90 Å². The minimum absolute atomic E-state index is 0.0281. The molecule has 0 rings (SSSR count). The topological polar surface area (TPSA) is 76.1 Å². The predicted octanol–water partition coefficient (Wildman–Crippen LogP) is 13.0. The molecule has 0 heterocycles. The summed E-state index contributed by atoms with van der Waals surface area (Å²) in [6.45, 7) is 19.0. The third kappa shape index (κ3) is 29.2. The molecular formula is C46H91NO5. The van der Waals surface area contributed by atoms with Crippen molar-refractivity contribution in [2.45, 2.75) is 228 Å². The summed E-state index contributed by atoms with van der Waals surface area (Å²) in [5, 5.41) is 9.61. The van der Waals surface area contributed by atoms with Gasteiger partial charge in [0.15, 0.2) is 0 Å². The van der Waals surface area contributed by atoms with Gasteiger partial charge in [-0.2, -0.15) is 0 Å². The zero-order valence-corrected chi connectivity index (χ0v) is 36.1. The first-order chi connectivity index (χ1) is 25.0. The van der Waals surface area contributed by atoms with Crippen LogP contribution < -0.4 is 0 Å². The van der Waals surface area contributed by atoms with Crippen molar-refractivity contribution in [3.63, 3.8) is 0 Å². The quantitative estimate of drug-likeness (QED) is 0.0500. The van der Waals surface area contributed by atoms with E-state index in [2.05, 4.69) is 39.5 Å². The Balaban J connectivity index is 4.17. The zero-order valence-electron chi connectivity index (χ0n) is 36.1. The maximum Gasteiger partial charge on any atom is 0.311 e. The van der Waals surface area contributed by atoms with Crippen molar-refractivity contribution in [3.8, 4) is 0 Å². The molecule has 0 unspecified atom stereocenters. The van der Waals surface area contributed by atoms with Gasteiger partial charge in [-0.25, -0.2) is 0 Å². The Morgan fingerprint density at radius 3 is 1.33 bits per heavy atom. The van der Waals surface area contributed by atoms with Gasteiger partial charge in [0.25, 0.3) is 0 Å². The van der Waals surface area contributed by atoms with E-state index in [-0.39, 0.29) is 18.5 Å². The van der Waals surface area contributed by atoms with Gasteiger partial charge in [0.05, 0.1) is 30.7 Å². The van der Waals surface area contributed by atoms with Crippen LogP contribution in [0.5, 0.6) is 0 Å². The van der Waals surface area contributed by atoms with Crippen molar-refractivity contribution in [3.05, 3.63) is 0 Å². The molecular weight excluding hydrogens is 647 g/mol. The van der Waals surface area contributed by atoms with Crippen LogP contribution in [-0.4, -0.2) is 61.4 Å². The molecule has 310 valence electrons. The fraction of sp³-hybridized carbons (Fsp3) is 0.957. The third-order valence-corrected chi connectivity index (χ3v) is 11.2. The van der Waals surface area contributed by atoms with Crippen LogP contribution >= 0.6 is 0 Å². The molecule has 0 aliphatic heterocycles. The van der Waals surface area contributed by atoms with Gasteiger partial charge < -0.3 is 19.5 Å². The van der Waals surface area contributed by atoms with Gasteiger partial charge in [-0.1, -0.05) is 162 Å². The number of esters is 2. The Labute approximate surface area is 324 Å². The molecule has 0 aromatic heterocycles. The predicted molar refractivity (Wildman–Crippen MR) is 223 cm³/mol. The highest BCUT2D eigenvalue weighted by Crippen LogP contribution is 2.28. The average molecular weight is 738 g/mol. The second kappa shape index (κ2) is 34.4. The van der Waals surface area contributed by atoms with Crippen LogP contribution in [0.2, 0.25) is 0 Å². The molecule has 0 aliphatic rings. The first-order valence-electron chi connectivity index (χ1n) is 22.7. The summed E-state index contributed by atoms with van der Waals surface area (Å²) >= 11 is 0. The molecule has 1 N–H and O–H groups in total. The second-order valence-electron chi connectivity index (χ2n) is 17.4. The Morgan fingerprint density at radius 1 is 0.481 bits per heavy atom. The van der Waals surface area contributed by atoms with Crippen LogP contribution in [0, 0.1) is 16.7 Å². The van der Waals surface area contributed by atoms with E-state index in [0.717, 1.165) is 103 Å². The van der Waals surface area contributed by atoms with Crippen LogP contribution in [-0.2, 0) is 19.1 Å². The Bertz CT molecular complexity index is 801. The number of hydrogen-bond acceptors (Lipinski definition) is 6. The molecule has 0 aliphatic carbocycles. The standard InChI is InChI=1S/C46H91NO5/c1-8-11-14-17-18-23-30-40-51-43(49)45(4,5)34-26-19-21-28-36-47(38-39-48)37-29-22-20-27-35-46(6,7)44(50)52-41-33-42(31-24-15-12-9-2)32-25-16-13-10-3/h42,48H,8-41H2,1-7H3. The molecule has 6 nitrogen and oxygen atoms in total. The van der Waals surface area contributed by atoms with Crippen molar-refractivity contribution >= 4 is 11.9 Å². The summed E-state index contributed by atoms with van der Waals surface area (Å²) in [4.78, 5) is 28.0. The van der Waals surface area contributed by atoms with Gasteiger partial charge in [-0.3, -0.25) is 9.59 Å². The van der Waals surface area contributed by atoms with E-state index >= 15 is 0 Å². The Kier molecular flexibility index (Phi) is 33.6. The molecule has 0 aromatic rings. The maximum absolute atomic E-state index is 13.0. The van der Waals surface area contributed by atoms with Crippen LogP contribution in [0.3, 0.4) is 0 Å². The highest BCUT2D eigenvalue weighted by molar-refractivity contribution is 5.76. The molecule has 6 heteroatoms. The lowest BCUT2D eigenvalue weighted by Gasteiger charge is -2.24. The lowest BCUT2D eigenvalue weighted by molar-refractivity contribution is -0.155. The molecule has 0 atom stereocenters. The fourth-order valence-electron chi connectivity index (χ4n) is 7.28. The van der Waals surface area contributed by atoms with Crippen molar-refractivity contribution in [2.75, 3.05) is 39.5 Å². The van der Waals surface area contributed by atoms with Crippen molar-refractivity contribution in [1.29, 1.82) is 0 Å². The first-order valence-corrected chi connectivity index (χ1v) is 22.7. The van der Waals surface area contributed by atoms with Gasteiger partial charge >= 0.3 is 11.9 Å². The number of rotatable bonds is 39. The second-order valence-corrected chi connectivity index (χ2v) is 17.4. The lowest BCUT2D eigenvalue weighted by atomic mass is 9.87. The van der Waals surface area contributed by atoms with E-state index in [1.807, 2.05) is 13.8 Å². The molecule has 52 heavy (non-hydrogen) atoms. The number of hydrogen-bond donors (Lipinski definition) is 1. The minimum Gasteiger partial charge on any atom is -0.465 e. The Morgan fingerprint density at radius 2 is 0.865 bits per heavy atom. The zero-order chi connectivity index (χ0) is 38.8. The molecule has 0 saturated heterocycles. The SMILES string of the molecule is CCCCCCCCCOC(=O)C(C)(C)CCCCCCN(CCO)CCCCCCC(C)(C)C(=O)OCCC(CCCCCC)CCCCCC. The van der Waals surface area contributed by atoms with E-state index in [1.54, 1.807) is 0 Å². The van der Waals surface area contributed by atoms with Crippen molar-refractivity contribution < 1.29 is 24.2 Å². The van der Waals surface area contributed by atoms with E-state index in [1.165, 1.54) is 96.3 Å². The molecule has 0 spiro atoms. The number of nitrogens with zero attached hydrogens (tertiary/aromatic N) is 1. The Hall–Kier alpha value is -1.14. The summed E-state index contributed by atoms with van der Waals surface area (Å²) in [6, 6.07) is 0. The van der Waals surface area contributed by atoms with Crippen LogP contribution in [0.1, 0.15) is 228 Å². The number of carbonyl (C=O) groups is 2. The highest BCUT2D eigenvalue weighted by atomic mass is 16.5. The largest absolute Gasteiger partial charge is 0.465 e. The summed E-state index contributed by atoms with van der Waals surface area (Å²) in [6.07, 6.45) is 33.3. The van der Waals surface area contributed by atoms with Crippen molar-refractivity contribution in [2.24, 2.45) is 16.7 Å². The van der Waals surface area contributed by atoms with Gasteiger partial charge in [0, 0.05) is 6.54 Å². The van der Waals surface area contributed by atoms with E-state index in [9.17, 15) is 14.7 Å². The summed E-state index contributed by atoms with van der Waals surface area (Å²) in [7, 11) is 0. The molecule has 0 fully saturated rings. The maximum atomic E-state index is 13.0. The van der Waals surface area contributed by atoms with E-state index < -0.39 is 10.8 Å². The van der Waals surface area contributed by atoms with Crippen LogP contribution in [0.15, 0.2) is 0 Å². The van der Waals surface area contributed by atoms with Gasteiger partial charge in [-0.05, 0) is 85.2 Å². The fourth-order valence-corrected chi connectivity index (χ4v) is 7.28. The summed E-state index contributed by atoms with van der Waals surface area (Å²) < 4.78 is 11.5. The van der Waals surface area contributed by atoms with Gasteiger partial charge in [0.1, 0.15) is 0 Å². The number of aliphatic hydroxyl groups excluding tert-OH is 1. The number of carbonyl (C=O) groups excluding carboxylic acids is 2. The van der Waals surface area contributed by atoms with E-state index in [0.29, 0.717) is 19.1 Å². The highest BCUT2D eigenvalue weighted by Gasteiger charge is 2.29. The van der Waals surface area contributed by atoms with Gasteiger partial charge in [-0.15, -0.1) is 0 Å².